The maximum Gasteiger partial charge on any atom is 0.430 e. The van der Waals surface area contributed by atoms with Gasteiger partial charge in [0.25, 0.3) is 0 Å². The molecule has 1 aliphatic rings. The molecule has 0 spiro atoms. The predicted octanol–water partition coefficient (Wildman–Crippen LogP) is 3.43. The molecule has 1 aliphatic heterocycles. The number of aromatic nitrogens is 2. The molecule has 1 N–H and O–H groups in total. The van der Waals surface area contributed by atoms with Gasteiger partial charge in [0.05, 0.1) is 12.8 Å². The minimum absolute atomic E-state index is 0.00409. The third-order valence-electron chi connectivity index (χ3n) is 3.52. The number of hydrogen-bond donors (Lipinski definition) is 1. The van der Waals surface area contributed by atoms with E-state index >= 15 is 0 Å². The first-order valence-electron chi connectivity index (χ1n) is 6.82. The number of aliphatic imine (C=N–C) groups is 1. The SMILES string of the molecule is CCOC(=O)C1C(C(F)(F)F)=Nc2[nH]ncc2C1c1cccs1. The van der Waals surface area contributed by atoms with Crippen molar-refractivity contribution in [3.63, 3.8) is 0 Å². The lowest BCUT2D eigenvalue weighted by Crippen LogP contribution is -2.41. The highest BCUT2D eigenvalue weighted by atomic mass is 32.1. The molecule has 23 heavy (non-hydrogen) atoms. The fraction of sp³-hybridized carbons (Fsp3) is 0.357. The number of hydrogen-bond acceptors (Lipinski definition) is 5. The zero-order valence-electron chi connectivity index (χ0n) is 11.9. The van der Waals surface area contributed by atoms with E-state index in [1.165, 1.54) is 17.5 Å². The quantitative estimate of drug-likeness (QED) is 0.868. The van der Waals surface area contributed by atoms with E-state index in [1.54, 1.807) is 24.4 Å². The molecule has 0 amide bonds. The molecule has 3 rings (SSSR count). The molecule has 5 nitrogen and oxygen atoms in total. The molecule has 0 aliphatic carbocycles. The lowest BCUT2D eigenvalue weighted by molar-refractivity contribution is -0.147. The highest BCUT2D eigenvalue weighted by Crippen LogP contribution is 2.46. The fourth-order valence-corrected chi connectivity index (χ4v) is 3.52. The number of fused-ring (bicyclic) bond motifs is 1. The molecule has 0 aromatic carbocycles. The van der Waals surface area contributed by atoms with Gasteiger partial charge in [0, 0.05) is 16.4 Å². The second-order valence-corrected chi connectivity index (χ2v) is 5.87. The number of ether oxygens (including phenoxy) is 1. The molecule has 122 valence electrons. The first-order valence-corrected chi connectivity index (χ1v) is 7.70. The smallest absolute Gasteiger partial charge is 0.430 e. The molecule has 2 aromatic rings. The minimum Gasteiger partial charge on any atom is -0.465 e. The van der Waals surface area contributed by atoms with Crippen molar-refractivity contribution in [3.8, 4) is 0 Å². The van der Waals surface area contributed by atoms with E-state index in [2.05, 4.69) is 15.2 Å². The Balaban J connectivity index is 2.18. The Kier molecular flexibility index (Phi) is 3.97. The van der Waals surface area contributed by atoms with Crippen molar-refractivity contribution in [3.05, 3.63) is 34.2 Å². The van der Waals surface area contributed by atoms with E-state index in [-0.39, 0.29) is 12.4 Å². The van der Waals surface area contributed by atoms with E-state index in [4.69, 9.17) is 4.74 Å². The van der Waals surface area contributed by atoms with Crippen molar-refractivity contribution < 1.29 is 22.7 Å². The molecular formula is C14H12F3N3O2S. The Morgan fingerprint density at radius 3 is 2.87 bits per heavy atom. The van der Waals surface area contributed by atoms with Gasteiger partial charge in [0.15, 0.2) is 5.82 Å². The summed E-state index contributed by atoms with van der Waals surface area (Å²) < 4.78 is 45.2. The number of esters is 1. The molecule has 0 saturated heterocycles. The van der Waals surface area contributed by atoms with E-state index in [9.17, 15) is 18.0 Å². The Bertz CT molecular complexity index is 737. The van der Waals surface area contributed by atoms with Gasteiger partial charge in [-0.2, -0.15) is 18.3 Å². The molecule has 2 aromatic heterocycles. The van der Waals surface area contributed by atoms with Crippen molar-refractivity contribution in [1.29, 1.82) is 0 Å². The standard InChI is InChI=1S/C14H12F3N3O2S/c1-2-22-13(21)10-9(8-4-3-5-23-8)7-6-18-20-12(7)19-11(10)14(15,16)17/h3-6,9-10H,2H2,1H3,(H,18,20). The zero-order valence-corrected chi connectivity index (χ0v) is 12.7. The van der Waals surface area contributed by atoms with Crippen LogP contribution in [0.25, 0.3) is 0 Å². The summed E-state index contributed by atoms with van der Waals surface area (Å²) in [5, 5.41) is 7.98. The zero-order chi connectivity index (χ0) is 16.6. The Hall–Kier alpha value is -2.16. The number of rotatable bonds is 3. The van der Waals surface area contributed by atoms with E-state index in [0.717, 1.165) is 0 Å². The lowest BCUT2D eigenvalue weighted by atomic mass is 9.80. The summed E-state index contributed by atoms with van der Waals surface area (Å²) >= 11 is 1.28. The van der Waals surface area contributed by atoms with Crippen LogP contribution in [-0.2, 0) is 9.53 Å². The summed E-state index contributed by atoms with van der Waals surface area (Å²) in [5.41, 5.74) is -0.704. The topological polar surface area (TPSA) is 67.3 Å². The van der Waals surface area contributed by atoms with Crippen LogP contribution in [0.15, 0.2) is 28.7 Å². The summed E-state index contributed by atoms with van der Waals surface area (Å²) in [5.74, 6) is -3.28. The first kappa shape index (κ1) is 15.7. The molecule has 2 atom stereocenters. The van der Waals surface area contributed by atoms with E-state index < -0.39 is 29.7 Å². The van der Waals surface area contributed by atoms with Crippen LogP contribution < -0.4 is 0 Å². The van der Waals surface area contributed by atoms with Crippen LogP contribution in [0.4, 0.5) is 19.0 Å². The van der Waals surface area contributed by atoms with Crippen molar-refractivity contribution in [2.24, 2.45) is 10.9 Å². The number of carbonyl (C=O) groups excluding carboxylic acids is 1. The monoisotopic (exact) mass is 343 g/mol. The van der Waals surface area contributed by atoms with Crippen LogP contribution in [0.5, 0.6) is 0 Å². The van der Waals surface area contributed by atoms with Crippen LogP contribution in [-0.4, -0.2) is 34.7 Å². The van der Waals surface area contributed by atoms with Crippen molar-refractivity contribution >= 4 is 28.8 Å². The highest BCUT2D eigenvalue weighted by molar-refractivity contribution is 7.10. The predicted molar refractivity (Wildman–Crippen MR) is 78.0 cm³/mol. The van der Waals surface area contributed by atoms with E-state index in [1.807, 2.05) is 0 Å². The van der Waals surface area contributed by atoms with Crippen LogP contribution in [0, 0.1) is 5.92 Å². The maximum absolute atomic E-state index is 13.4. The maximum atomic E-state index is 13.4. The largest absolute Gasteiger partial charge is 0.465 e. The number of alkyl halides is 3. The normalized spacial score (nSPS) is 20.8. The van der Waals surface area contributed by atoms with Gasteiger partial charge in [-0.15, -0.1) is 11.3 Å². The average Bonchev–Trinajstić information content (AvgIpc) is 3.15. The Morgan fingerprint density at radius 1 is 1.48 bits per heavy atom. The summed E-state index contributed by atoms with van der Waals surface area (Å²) in [6.45, 7) is 1.55. The van der Waals surface area contributed by atoms with Gasteiger partial charge in [-0.05, 0) is 18.4 Å². The number of halogens is 3. The fourth-order valence-electron chi connectivity index (χ4n) is 2.64. The second-order valence-electron chi connectivity index (χ2n) is 4.89. The summed E-state index contributed by atoms with van der Waals surface area (Å²) in [7, 11) is 0. The number of aromatic amines is 1. The number of nitrogens with one attached hydrogen (secondary N) is 1. The van der Waals surface area contributed by atoms with Gasteiger partial charge in [-0.25, -0.2) is 4.99 Å². The molecule has 2 unspecified atom stereocenters. The van der Waals surface area contributed by atoms with Crippen molar-refractivity contribution in [2.75, 3.05) is 6.61 Å². The van der Waals surface area contributed by atoms with Gasteiger partial charge < -0.3 is 4.74 Å². The van der Waals surface area contributed by atoms with Gasteiger partial charge in [0.2, 0.25) is 0 Å². The number of nitrogens with zero attached hydrogens (tertiary/aromatic N) is 2. The number of thiophene rings is 1. The molecule has 0 radical (unpaired) electrons. The summed E-state index contributed by atoms with van der Waals surface area (Å²) in [6, 6.07) is 3.42. The van der Waals surface area contributed by atoms with Crippen LogP contribution in [0.1, 0.15) is 23.3 Å². The van der Waals surface area contributed by atoms with E-state index in [0.29, 0.717) is 10.4 Å². The molecule has 3 heterocycles. The highest BCUT2D eigenvalue weighted by Gasteiger charge is 2.51. The molecular weight excluding hydrogens is 331 g/mol. The van der Waals surface area contributed by atoms with Gasteiger partial charge in [-0.3, -0.25) is 9.89 Å². The third-order valence-corrected chi connectivity index (χ3v) is 4.48. The molecule has 9 heteroatoms. The molecule has 0 bridgehead atoms. The Labute approximate surface area is 133 Å². The van der Waals surface area contributed by atoms with Crippen LogP contribution in [0.3, 0.4) is 0 Å². The van der Waals surface area contributed by atoms with Gasteiger partial charge >= 0.3 is 12.1 Å². The average molecular weight is 343 g/mol. The summed E-state index contributed by atoms with van der Waals surface area (Å²) in [6.07, 6.45) is -3.33. The van der Waals surface area contributed by atoms with Gasteiger partial charge in [0.1, 0.15) is 11.6 Å². The van der Waals surface area contributed by atoms with Crippen molar-refractivity contribution in [2.45, 2.75) is 19.0 Å². The van der Waals surface area contributed by atoms with Crippen molar-refractivity contribution in [1.82, 2.24) is 10.2 Å². The molecule has 0 fully saturated rings. The van der Waals surface area contributed by atoms with Gasteiger partial charge in [-0.1, -0.05) is 6.07 Å². The molecule has 0 saturated carbocycles. The van der Waals surface area contributed by atoms with Crippen LogP contribution >= 0.6 is 11.3 Å². The second kappa shape index (κ2) is 5.80. The van der Waals surface area contributed by atoms with Crippen LogP contribution in [0.2, 0.25) is 0 Å². The number of carbonyl (C=O) groups is 1. The Morgan fingerprint density at radius 2 is 2.26 bits per heavy atom. The summed E-state index contributed by atoms with van der Waals surface area (Å²) in [4.78, 5) is 16.5. The third kappa shape index (κ3) is 2.76. The minimum atomic E-state index is -4.74. The number of H-pyrrole nitrogens is 1. The first-order chi connectivity index (χ1) is 10.9. The lowest BCUT2D eigenvalue weighted by Gasteiger charge is -2.30.